The molecule has 0 saturated heterocycles. The fourth-order valence-electron chi connectivity index (χ4n) is 2.07. The molecule has 0 radical (unpaired) electrons. The van der Waals surface area contributed by atoms with Gasteiger partial charge in [0.05, 0.1) is 11.3 Å². The first-order valence-electron chi connectivity index (χ1n) is 6.69. The highest BCUT2D eigenvalue weighted by Crippen LogP contribution is 2.18. The van der Waals surface area contributed by atoms with Crippen LogP contribution in [0.4, 0.5) is 5.82 Å². The predicted molar refractivity (Wildman–Crippen MR) is 93.2 cm³/mol. The van der Waals surface area contributed by atoms with Crippen molar-refractivity contribution in [1.29, 1.82) is 0 Å². The topological polar surface area (TPSA) is 59.8 Å². The number of nitrogens with zero attached hydrogens (tertiary/aromatic N) is 3. The number of aryl methyl sites for hydroxylation is 1. The number of rotatable bonds is 3. The number of aromatic nitrogens is 3. The summed E-state index contributed by atoms with van der Waals surface area (Å²) in [5.41, 5.74) is 1.44. The number of amides is 1. The fourth-order valence-corrected chi connectivity index (χ4v) is 2.70. The van der Waals surface area contributed by atoms with E-state index in [2.05, 4.69) is 38.0 Å². The van der Waals surface area contributed by atoms with Crippen molar-refractivity contribution in [2.45, 2.75) is 6.92 Å². The van der Waals surface area contributed by atoms with Crippen molar-refractivity contribution in [1.82, 2.24) is 14.8 Å². The zero-order valence-electron chi connectivity index (χ0n) is 11.8. The summed E-state index contributed by atoms with van der Waals surface area (Å²) in [6.45, 7) is 1.88. The molecule has 3 rings (SSSR count). The molecule has 22 heavy (non-hydrogen) atoms. The Labute approximate surface area is 141 Å². The van der Waals surface area contributed by atoms with Gasteiger partial charge in [0.1, 0.15) is 5.82 Å². The minimum Gasteiger partial charge on any atom is -0.306 e. The standard InChI is InChI=1S/C16H13IN4O/c1-11-10-15(21(20-11)14-8-4-5-9-18-14)19-16(22)12-6-2-3-7-13(12)17/h2-10H,1H3,(H,19,22). The molecule has 0 aliphatic rings. The molecule has 0 unspecified atom stereocenters. The van der Waals surface area contributed by atoms with E-state index in [0.29, 0.717) is 17.2 Å². The fraction of sp³-hybridized carbons (Fsp3) is 0.0625. The van der Waals surface area contributed by atoms with Gasteiger partial charge in [0.15, 0.2) is 5.82 Å². The molecule has 3 aromatic rings. The lowest BCUT2D eigenvalue weighted by atomic mass is 10.2. The molecule has 6 heteroatoms. The van der Waals surface area contributed by atoms with Crippen molar-refractivity contribution in [3.63, 3.8) is 0 Å². The van der Waals surface area contributed by atoms with Crippen molar-refractivity contribution in [2.24, 2.45) is 0 Å². The zero-order chi connectivity index (χ0) is 15.5. The van der Waals surface area contributed by atoms with Gasteiger partial charge in [0.25, 0.3) is 5.91 Å². The van der Waals surface area contributed by atoms with E-state index in [1.165, 1.54) is 0 Å². The van der Waals surface area contributed by atoms with E-state index < -0.39 is 0 Å². The van der Waals surface area contributed by atoms with E-state index in [-0.39, 0.29) is 5.91 Å². The average Bonchev–Trinajstić information content (AvgIpc) is 2.89. The van der Waals surface area contributed by atoms with Crippen LogP contribution in [0.5, 0.6) is 0 Å². The molecule has 0 aliphatic heterocycles. The third-order valence-corrected chi connectivity index (χ3v) is 4.00. The van der Waals surface area contributed by atoms with Crippen LogP contribution >= 0.6 is 22.6 Å². The van der Waals surface area contributed by atoms with Gasteiger partial charge in [-0.2, -0.15) is 9.78 Å². The van der Waals surface area contributed by atoms with Crippen molar-refractivity contribution >= 4 is 34.3 Å². The highest BCUT2D eigenvalue weighted by molar-refractivity contribution is 14.1. The summed E-state index contributed by atoms with van der Waals surface area (Å²) >= 11 is 2.15. The van der Waals surface area contributed by atoms with E-state index >= 15 is 0 Å². The molecule has 0 aliphatic carbocycles. The van der Waals surface area contributed by atoms with Gasteiger partial charge in [-0.15, -0.1) is 0 Å². The van der Waals surface area contributed by atoms with Gasteiger partial charge >= 0.3 is 0 Å². The van der Waals surface area contributed by atoms with Crippen LogP contribution in [-0.4, -0.2) is 20.7 Å². The van der Waals surface area contributed by atoms with Crippen LogP contribution in [0, 0.1) is 10.5 Å². The van der Waals surface area contributed by atoms with Crippen molar-refractivity contribution in [3.8, 4) is 5.82 Å². The van der Waals surface area contributed by atoms with E-state index in [4.69, 9.17) is 0 Å². The molecule has 0 spiro atoms. The average molecular weight is 404 g/mol. The number of hydrogen-bond donors (Lipinski definition) is 1. The maximum Gasteiger partial charge on any atom is 0.257 e. The Morgan fingerprint density at radius 1 is 1.18 bits per heavy atom. The number of carbonyl (C=O) groups is 1. The first kappa shape index (κ1) is 14.7. The molecular formula is C16H13IN4O. The van der Waals surface area contributed by atoms with Gasteiger partial charge < -0.3 is 5.32 Å². The molecule has 0 atom stereocenters. The third-order valence-electron chi connectivity index (χ3n) is 3.06. The lowest BCUT2D eigenvalue weighted by molar-refractivity contribution is 0.102. The highest BCUT2D eigenvalue weighted by atomic mass is 127. The summed E-state index contributed by atoms with van der Waals surface area (Å²) in [4.78, 5) is 16.7. The van der Waals surface area contributed by atoms with Gasteiger partial charge in [0, 0.05) is 15.8 Å². The quantitative estimate of drug-likeness (QED) is 0.681. The third kappa shape index (κ3) is 3.01. The highest BCUT2D eigenvalue weighted by Gasteiger charge is 2.14. The summed E-state index contributed by atoms with van der Waals surface area (Å²) in [5.74, 6) is 1.09. The van der Waals surface area contributed by atoms with Crippen molar-refractivity contribution in [2.75, 3.05) is 5.32 Å². The minimum atomic E-state index is -0.165. The normalized spacial score (nSPS) is 10.5. The van der Waals surface area contributed by atoms with E-state index in [0.717, 1.165) is 9.26 Å². The summed E-state index contributed by atoms with van der Waals surface area (Å²) < 4.78 is 2.53. The Balaban J connectivity index is 1.94. The Hall–Kier alpha value is -2.22. The Morgan fingerprint density at radius 3 is 2.68 bits per heavy atom. The van der Waals surface area contributed by atoms with Gasteiger partial charge in [-0.1, -0.05) is 18.2 Å². The zero-order valence-corrected chi connectivity index (χ0v) is 14.0. The summed E-state index contributed by atoms with van der Waals surface area (Å²) in [7, 11) is 0. The number of pyridine rings is 1. The maximum absolute atomic E-state index is 12.5. The number of halogens is 1. The first-order valence-corrected chi connectivity index (χ1v) is 7.77. The number of anilines is 1. The summed E-state index contributed by atoms with van der Waals surface area (Å²) in [6, 6.07) is 14.8. The second-order valence-electron chi connectivity index (χ2n) is 4.70. The van der Waals surface area contributed by atoms with Crippen LogP contribution in [0.1, 0.15) is 16.1 Å². The molecule has 5 nitrogen and oxygen atoms in total. The van der Waals surface area contributed by atoms with Crippen molar-refractivity contribution in [3.05, 3.63) is 69.6 Å². The molecular weight excluding hydrogens is 391 g/mol. The van der Waals surface area contributed by atoms with Crippen LogP contribution in [0.2, 0.25) is 0 Å². The molecule has 2 heterocycles. The molecule has 1 N–H and O–H groups in total. The van der Waals surface area contributed by atoms with Crippen molar-refractivity contribution < 1.29 is 4.79 Å². The predicted octanol–water partition coefficient (Wildman–Crippen LogP) is 3.43. The monoisotopic (exact) mass is 404 g/mol. The van der Waals surface area contributed by atoms with Gasteiger partial charge in [-0.25, -0.2) is 4.98 Å². The molecule has 110 valence electrons. The van der Waals surface area contributed by atoms with Gasteiger partial charge in [-0.05, 0) is 53.8 Å². The first-order chi connectivity index (χ1) is 10.6. The SMILES string of the molecule is Cc1cc(NC(=O)c2ccccc2I)n(-c2ccccn2)n1. The van der Waals surface area contributed by atoms with Gasteiger partial charge in [0.2, 0.25) is 0 Å². The second kappa shape index (κ2) is 6.27. The smallest absolute Gasteiger partial charge is 0.257 e. The minimum absolute atomic E-state index is 0.165. The Morgan fingerprint density at radius 2 is 1.95 bits per heavy atom. The second-order valence-corrected chi connectivity index (χ2v) is 5.87. The van der Waals surface area contributed by atoms with E-state index in [1.54, 1.807) is 16.9 Å². The number of carbonyl (C=O) groups excluding carboxylic acids is 1. The molecule has 0 saturated carbocycles. The number of hydrogen-bond acceptors (Lipinski definition) is 3. The van der Waals surface area contributed by atoms with Crippen LogP contribution in [0.15, 0.2) is 54.7 Å². The Bertz CT molecular complexity index is 814. The lowest BCUT2D eigenvalue weighted by Crippen LogP contribution is -2.16. The molecule has 2 aromatic heterocycles. The van der Waals surface area contributed by atoms with Crippen LogP contribution < -0.4 is 5.32 Å². The largest absolute Gasteiger partial charge is 0.306 e. The van der Waals surface area contributed by atoms with Gasteiger partial charge in [-0.3, -0.25) is 4.79 Å². The molecule has 1 amide bonds. The molecule has 0 bridgehead atoms. The summed E-state index contributed by atoms with van der Waals surface area (Å²) in [5, 5.41) is 7.29. The van der Waals surface area contributed by atoms with Crippen LogP contribution in [-0.2, 0) is 0 Å². The van der Waals surface area contributed by atoms with E-state index in [9.17, 15) is 4.79 Å². The number of nitrogens with one attached hydrogen (secondary N) is 1. The molecule has 1 aromatic carbocycles. The van der Waals surface area contributed by atoms with E-state index in [1.807, 2.05) is 49.4 Å². The maximum atomic E-state index is 12.5. The Kier molecular flexibility index (Phi) is 4.19. The van der Waals surface area contributed by atoms with Crippen LogP contribution in [0.25, 0.3) is 5.82 Å². The molecule has 0 fully saturated rings. The number of benzene rings is 1. The summed E-state index contributed by atoms with van der Waals surface area (Å²) in [6.07, 6.45) is 1.69. The van der Waals surface area contributed by atoms with Crippen LogP contribution in [0.3, 0.4) is 0 Å². The lowest BCUT2D eigenvalue weighted by Gasteiger charge is -2.09.